The minimum atomic E-state index is -0.0318. The van der Waals surface area contributed by atoms with Crippen molar-refractivity contribution in [1.29, 1.82) is 0 Å². The monoisotopic (exact) mass is 298 g/mol. The minimum Gasteiger partial charge on any atom is -0.494 e. The summed E-state index contributed by atoms with van der Waals surface area (Å²) in [4.78, 5) is 12.0. The Bertz CT molecular complexity index is 420. The number of carbonyl (C=O) groups is 1. The number of halogens is 1. The summed E-state index contributed by atoms with van der Waals surface area (Å²) in [7, 11) is 0. The minimum absolute atomic E-state index is 0. The second kappa shape index (κ2) is 8.82. The Labute approximate surface area is 126 Å². The molecule has 0 spiro atoms. The van der Waals surface area contributed by atoms with Gasteiger partial charge in [0.05, 0.1) is 6.61 Å². The molecule has 20 heavy (non-hydrogen) atoms. The maximum Gasteiger partial charge on any atom is 0.251 e. The Morgan fingerprint density at radius 1 is 1.50 bits per heavy atom. The van der Waals surface area contributed by atoms with E-state index in [0.717, 1.165) is 25.1 Å². The van der Waals surface area contributed by atoms with E-state index in [0.29, 0.717) is 24.8 Å². The van der Waals surface area contributed by atoms with Crippen LogP contribution in [0.1, 0.15) is 36.5 Å². The number of rotatable bonds is 6. The molecule has 1 aromatic carbocycles. The van der Waals surface area contributed by atoms with Crippen LogP contribution in [0, 0.1) is 0 Å². The van der Waals surface area contributed by atoms with E-state index in [2.05, 4.69) is 17.6 Å². The van der Waals surface area contributed by atoms with Gasteiger partial charge >= 0.3 is 0 Å². The molecule has 1 unspecified atom stereocenters. The fraction of sp³-hybridized carbons (Fsp3) is 0.533. The Kier molecular flexibility index (Phi) is 7.41. The summed E-state index contributed by atoms with van der Waals surface area (Å²) in [6.45, 7) is 4.49. The lowest BCUT2D eigenvalue weighted by molar-refractivity contribution is 0.0950. The van der Waals surface area contributed by atoms with Crippen LogP contribution in [0.5, 0.6) is 5.75 Å². The first-order valence-electron chi connectivity index (χ1n) is 7.04. The number of hydrogen-bond acceptors (Lipinski definition) is 3. The maximum atomic E-state index is 12.0. The molecule has 1 amide bonds. The molecule has 1 aliphatic rings. The van der Waals surface area contributed by atoms with Gasteiger partial charge in [-0.25, -0.2) is 0 Å². The van der Waals surface area contributed by atoms with Gasteiger partial charge in [0, 0.05) is 18.2 Å². The first-order chi connectivity index (χ1) is 9.29. The Morgan fingerprint density at radius 3 is 3.05 bits per heavy atom. The van der Waals surface area contributed by atoms with Gasteiger partial charge in [-0.15, -0.1) is 12.4 Å². The third-order valence-electron chi connectivity index (χ3n) is 3.24. The molecule has 0 aromatic heterocycles. The lowest BCUT2D eigenvalue weighted by Crippen LogP contribution is -2.37. The highest BCUT2D eigenvalue weighted by Crippen LogP contribution is 2.13. The van der Waals surface area contributed by atoms with Gasteiger partial charge in [-0.1, -0.05) is 13.0 Å². The Morgan fingerprint density at radius 2 is 2.35 bits per heavy atom. The van der Waals surface area contributed by atoms with Crippen LogP contribution >= 0.6 is 12.4 Å². The van der Waals surface area contributed by atoms with Crippen molar-refractivity contribution >= 4 is 18.3 Å². The van der Waals surface area contributed by atoms with E-state index in [9.17, 15) is 4.79 Å². The number of benzene rings is 1. The van der Waals surface area contributed by atoms with Crippen LogP contribution in [0.4, 0.5) is 0 Å². The fourth-order valence-electron chi connectivity index (χ4n) is 2.20. The van der Waals surface area contributed by atoms with Crippen LogP contribution in [0.25, 0.3) is 0 Å². The summed E-state index contributed by atoms with van der Waals surface area (Å²) in [6, 6.07) is 7.77. The zero-order valence-electron chi connectivity index (χ0n) is 11.9. The number of nitrogens with one attached hydrogen (secondary N) is 2. The average molecular weight is 299 g/mol. The van der Waals surface area contributed by atoms with Gasteiger partial charge in [0.1, 0.15) is 5.75 Å². The van der Waals surface area contributed by atoms with Crippen LogP contribution < -0.4 is 15.4 Å². The third kappa shape index (κ3) is 5.02. The highest BCUT2D eigenvalue weighted by atomic mass is 35.5. The summed E-state index contributed by atoms with van der Waals surface area (Å²) in [5.74, 6) is 0.726. The van der Waals surface area contributed by atoms with Gasteiger partial charge in [-0.2, -0.15) is 0 Å². The molecule has 0 saturated carbocycles. The molecule has 0 aliphatic carbocycles. The van der Waals surface area contributed by atoms with E-state index < -0.39 is 0 Å². The van der Waals surface area contributed by atoms with E-state index >= 15 is 0 Å². The highest BCUT2D eigenvalue weighted by molar-refractivity contribution is 5.94. The maximum absolute atomic E-state index is 12.0. The largest absolute Gasteiger partial charge is 0.494 e. The highest BCUT2D eigenvalue weighted by Gasteiger charge is 2.15. The standard InChI is InChI=1S/C15H22N2O2.ClH/c1-2-9-19-14-7-3-5-12(10-14)15(18)17-11-13-6-4-8-16-13;/h3,5,7,10,13,16H,2,4,6,8-9,11H2,1H3,(H,17,18);1H. The fourth-order valence-corrected chi connectivity index (χ4v) is 2.20. The van der Waals surface area contributed by atoms with Gasteiger partial charge in [0.2, 0.25) is 0 Å². The molecule has 1 aromatic rings. The number of hydrogen-bond donors (Lipinski definition) is 2. The lowest BCUT2D eigenvalue weighted by atomic mass is 10.2. The van der Waals surface area contributed by atoms with E-state index in [1.165, 1.54) is 6.42 Å². The summed E-state index contributed by atoms with van der Waals surface area (Å²) in [6.07, 6.45) is 3.30. The third-order valence-corrected chi connectivity index (χ3v) is 3.24. The molecule has 1 fully saturated rings. The smallest absolute Gasteiger partial charge is 0.251 e. The molecule has 2 N–H and O–H groups in total. The van der Waals surface area contributed by atoms with Gasteiger partial charge in [0.25, 0.3) is 5.91 Å². The normalized spacial score (nSPS) is 17.4. The van der Waals surface area contributed by atoms with Crippen molar-refractivity contribution in [3.8, 4) is 5.75 Å². The molecule has 4 nitrogen and oxygen atoms in total. The summed E-state index contributed by atoms with van der Waals surface area (Å²) in [5, 5.41) is 6.33. The molecule has 0 radical (unpaired) electrons. The zero-order valence-corrected chi connectivity index (χ0v) is 12.7. The van der Waals surface area contributed by atoms with Gasteiger partial charge in [-0.05, 0) is 44.0 Å². The van der Waals surface area contributed by atoms with Crippen molar-refractivity contribution < 1.29 is 9.53 Å². The Hall–Kier alpha value is -1.26. The first kappa shape index (κ1) is 16.8. The molecule has 1 aliphatic heterocycles. The number of carbonyl (C=O) groups excluding carboxylic acids is 1. The van der Waals surface area contributed by atoms with E-state index in [1.807, 2.05) is 18.2 Å². The van der Waals surface area contributed by atoms with Crippen LogP contribution in [0.3, 0.4) is 0 Å². The summed E-state index contributed by atoms with van der Waals surface area (Å²) >= 11 is 0. The lowest BCUT2D eigenvalue weighted by Gasteiger charge is -2.12. The molecule has 1 heterocycles. The van der Waals surface area contributed by atoms with Crippen LogP contribution in [-0.4, -0.2) is 31.6 Å². The quantitative estimate of drug-likeness (QED) is 0.848. The van der Waals surface area contributed by atoms with Crippen molar-refractivity contribution in [2.24, 2.45) is 0 Å². The molecule has 2 rings (SSSR count). The topological polar surface area (TPSA) is 50.4 Å². The average Bonchev–Trinajstić information content (AvgIpc) is 2.96. The van der Waals surface area contributed by atoms with E-state index in [4.69, 9.17) is 4.74 Å². The first-order valence-corrected chi connectivity index (χ1v) is 7.04. The second-order valence-corrected chi connectivity index (χ2v) is 4.88. The molecule has 1 saturated heterocycles. The Balaban J connectivity index is 0.00000200. The van der Waals surface area contributed by atoms with Crippen molar-refractivity contribution in [1.82, 2.24) is 10.6 Å². The number of ether oxygens (including phenoxy) is 1. The predicted octanol–water partition coefficient (Wildman–Crippen LogP) is 2.38. The predicted molar refractivity (Wildman–Crippen MR) is 82.8 cm³/mol. The van der Waals surface area contributed by atoms with Crippen molar-refractivity contribution in [2.75, 3.05) is 19.7 Å². The van der Waals surface area contributed by atoms with Crippen molar-refractivity contribution in [2.45, 2.75) is 32.2 Å². The van der Waals surface area contributed by atoms with E-state index in [1.54, 1.807) is 6.07 Å². The molecular formula is C15H23ClN2O2. The summed E-state index contributed by atoms with van der Waals surface area (Å²) < 4.78 is 5.53. The second-order valence-electron chi connectivity index (χ2n) is 4.88. The van der Waals surface area contributed by atoms with Crippen molar-refractivity contribution in [3.05, 3.63) is 29.8 Å². The number of amides is 1. The van der Waals surface area contributed by atoms with Gasteiger partial charge in [-0.3, -0.25) is 4.79 Å². The van der Waals surface area contributed by atoms with Crippen LogP contribution in [-0.2, 0) is 0 Å². The SMILES string of the molecule is CCCOc1cccc(C(=O)NCC2CCCN2)c1.Cl. The summed E-state index contributed by atoms with van der Waals surface area (Å²) in [5.41, 5.74) is 0.659. The molecule has 1 atom stereocenters. The van der Waals surface area contributed by atoms with Crippen molar-refractivity contribution in [3.63, 3.8) is 0 Å². The van der Waals surface area contributed by atoms with Gasteiger partial charge in [0.15, 0.2) is 0 Å². The van der Waals surface area contributed by atoms with E-state index in [-0.39, 0.29) is 18.3 Å². The molecular weight excluding hydrogens is 276 g/mol. The molecule has 112 valence electrons. The van der Waals surface area contributed by atoms with Crippen LogP contribution in [0.15, 0.2) is 24.3 Å². The van der Waals surface area contributed by atoms with Gasteiger partial charge < -0.3 is 15.4 Å². The zero-order chi connectivity index (χ0) is 13.5. The van der Waals surface area contributed by atoms with Crippen LogP contribution in [0.2, 0.25) is 0 Å². The molecule has 5 heteroatoms. The molecule has 0 bridgehead atoms.